The molecule has 9 heteroatoms. The molecule has 4 aromatic heterocycles. The van der Waals surface area contributed by atoms with Gasteiger partial charge in [-0.1, -0.05) is 31.2 Å². The van der Waals surface area contributed by atoms with Crippen LogP contribution in [0.4, 0.5) is 11.4 Å². The Balaban J connectivity index is 1.38. The third-order valence-corrected chi connectivity index (χ3v) is 9.18. The summed E-state index contributed by atoms with van der Waals surface area (Å²) in [5.41, 5.74) is 9.38. The lowest BCUT2D eigenvalue weighted by Crippen LogP contribution is -2.11. The first-order valence-electron chi connectivity index (χ1n) is 10.2. The Bertz CT molecular complexity index is 1400. The number of aromatic nitrogens is 2. The normalized spacial score (nSPS) is 11.4. The van der Waals surface area contributed by atoms with E-state index in [-0.39, 0.29) is 5.91 Å². The van der Waals surface area contributed by atoms with E-state index < -0.39 is 0 Å². The van der Waals surface area contributed by atoms with E-state index in [4.69, 9.17) is 10.7 Å². The van der Waals surface area contributed by atoms with Crippen molar-refractivity contribution >= 4 is 83.5 Å². The number of carbonyl (C=O) groups is 1. The molecule has 162 valence electrons. The molecule has 0 saturated carbocycles. The third-order valence-electron chi connectivity index (χ3n) is 4.92. The molecular formula is C23H20N4OS4. The van der Waals surface area contributed by atoms with E-state index in [1.165, 1.54) is 24.2 Å². The average molecular weight is 497 g/mol. The minimum Gasteiger partial charge on any atom is -0.397 e. The average Bonchev–Trinajstić information content (AvgIpc) is 3.52. The largest absolute Gasteiger partial charge is 0.397 e. The molecule has 0 spiro atoms. The van der Waals surface area contributed by atoms with Crippen LogP contribution < -0.4 is 11.1 Å². The summed E-state index contributed by atoms with van der Waals surface area (Å²) >= 11 is 6.41. The summed E-state index contributed by atoms with van der Waals surface area (Å²) in [6.07, 6.45) is 2.36. The first-order chi connectivity index (χ1) is 15.6. The van der Waals surface area contributed by atoms with Crippen molar-refractivity contribution in [2.75, 3.05) is 16.8 Å². The van der Waals surface area contributed by atoms with Gasteiger partial charge in [0.15, 0.2) is 4.34 Å². The highest BCUT2D eigenvalue weighted by Gasteiger charge is 2.18. The highest BCUT2D eigenvalue weighted by Crippen LogP contribution is 2.36. The van der Waals surface area contributed by atoms with Crippen LogP contribution in [0, 0.1) is 0 Å². The molecule has 0 aliphatic heterocycles. The van der Waals surface area contributed by atoms with Gasteiger partial charge < -0.3 is 11.1 Å². The maximum absolute atomic E-state index is 13.0. The predicted molar refractivity (Wildman–Crippen MR) is 141 cm³/mol. The predicted octanol–water partition coefficient (Wildman–Crippen LogP) is 7.36. The van der Waals surface area contributed by atoms with Gasteiger partial charge in [0.1, 0.15) is 9.71 Å². The third kappa shape index (κ3) is 4.25. The molecule has 1 amide bonds. The number of pyridine rings is 1. The number of amides is 1. The molecule has 4 heterocycles. The highest BCUT2D eigenvalue weighted by atomic mass is 32.2. The fraction of sp³-hybridized carbons (Fsp3) is 0.174. The smallest absolute Gasteiger partial charge is 0.267 e. The number of nitrogens with one attached hydrogen (secondary N) is 1. The Morgan fingerprint density at radius 3 is 2.88 bits per heavy atom. The van der Waals surface area contributed by atoms with Crippen LogP contribution in [0.3, 0.4) is 0 Å². The van der Waals surface area contributed by atoms with Crippen molar-refractivity contribution in [1.82, 2.24) is 9.97 Å². The van der Waals surface area contributed by atoms with E-state index >= 15 is 0 Å². The highest BCUT2D eigenvalue weighted by molar-refractivity contribution is 8.01. The van der Waals surface area contributed by atoms with E-state index in [0.29, 0.717) is 10.6 Å². The monoisotopic (exact) mass is 496 g/mol. The lowest BCUT2D eigenvalue weighted by atomic mass is 10.2. The van der Waals surface area contributed by atoms with Crippen LogP contribution in [0.25, 0.3) is 31.0 Å². The molecule has 0 radical (unpaired) electrons. The Labute approximate surface area is 201 Å². The maximum Gasteiger partial charge on any atom is 0.267 e. The van der Waals surface area contributed by atoms with E-state index in [2.05, 4.69) is 17.2 Å². The van der Waals surface area contributed by atoms with Gasteiger partial charge in [0, 0.05) is 16.8 Å². The van der Waals surface area contributed by atoms with Gasteiger partial charge in [-0.2, -0.15) is 0 Å². The van der Waals surface area contributed by atoms with Crippen LogP contribution in [0.5, 0.6) is 0 Å². The van der Waals surface area contributed by atoms with Gasteiger partial charge in [0.25, 0.3) is 5.91 Å². The lowest BCUT2D eigenvalue weighted by Gasteiger charge is -2.04. The molecule has 3 N–H and O–H groups in total. The fourth-order valence-corrected chi connectivity index (χ4v) is 7.21. The maximum atomic E-state index is 13.0. The molecule has 0 aliphatic carbocycles. The second kappa shape index (κ2) is 9.19. The van der Waals surface area contributed by atoms with Crippen molar-refractivity contribution in [2.45, 2.75) is 24.1 Å². The van der Waals surface area contributed by atoms with Crippen LogP contribution in [0.1, 0.15) is 29.4 Å². The van der Waals surface area contributed by atoms with Crippen LogP contribution in [0.15, 0.2) is 52.2 Å². The number of nitrogen functional groups attached to an aromatic ring is 1. The van der Waals surface area contributed by atoms with Gasteiger partial charge in [-0.25, -0.2) is 9.97 Å². The zero-order chi connectivity index (χ0) is 22.1. The van der Waals surface area contributed by atoms with Gasteiger partial charge in [0.05, 0.1) is 26.5 Å². The van der Waals surface area contributed by atoms with Crippen LogP contribution >= 0.6 is 45.8 Å². The summed E-state index contributed by atoms with van der Waals surface area (Å²) in [4.78, 5) is 24.8. The Morgan fingerprint density at radius 1 is 1.16 bits per heavy atom. The van der Waals surface area contributed by atoms with E-state index in [1.807, 2.05) is 47.8 Å². The summed E-state index contributed by atoms with van der Waals surface area (Å²) in [5.74, 6) is 0.859. The van der Waals surface area contributed by atoms with Gasteiger partial charge in [0.2, 0.25) is 0 Å². The quantitative estimate of drug-likeness (QED) is 0.182. The first kappa shape index (κ1) is 21.4. The van der Waals surface area contributed by atoms with Crippen molar-refractivity contribution in [3.63, 3.8) is 0 Å². The number of thioether (sulfide) groups is 1. The van der Waals surface area contributed by atoms with Gasteiger partial charge in [-0.05, 0) is 48.2 Å². The number of rotatable bonds is 7. The lowest BCUT2D eigenvalue weighted by molar-refractivity contribution is 0.103. The number of nitrogens with zero attached hydrogens (tertiary/aromatic N) is 2. The molecule has 0 bridgehead atoms. The minimum atomic E-state index is -0.218. The second-order valence-corrected chi connectivity index (χ2v) is 11.5. The molecule has 0 unspecified atom stereocenters. The molecule has 0 fully saturated rings. The van der Waals surface area contributed by atoms with Crippen molar-refractivity contribution in [2.24, 2.45) is 0 Å². The van der Waals surface area contributed by atoms with Crippen LogP contribution in [-0.2, 0) is 0 Å². The van der Waals surface area contributed by atoms with Crippen molar-refractivity contribution in [1.29, 1.82) is 0 Å². The summed E-state index contributed by atoms with van der Waals surface area (Å²) in [5, 5.41) is 5.83. The number of benzene rings is 1. The number of nitrogens with two attached hydrogens (primary N) is 1. The number of fused-ring (bicyclic) bond motifs is 2. The standard InChI is InChI=1S/C23H20N4OS4/c1-2-3-10-30-23-27-16-8-6-13(12-18(16)31-23)25-21(28)20-19(24)14-7-9-15(26-22(14)32-20)17-5-4-11-29-17/h4-9,11-12H,2-3,10,24H2,1H3,(H,25,28). The Kier molecular flexibility index (Phi) is 6.14. The van der Waals surface area contributed by atoms with Crippen LogP contribution in [-0.4, -0.2) is 21.6 Å². The molecule has 5 nitrogen and oxygen atoms in total. The molecule has 5 aromatic rings. The Morgan fingerprint density at radius 2 is 2.06 bits per heavy atom. The summed E-state index contributed by atoms with van der Waals surface area (Å²) in [6, 6.07) is 13.7. The van der Waals surface area contributed by atoms with Gasteiger partial charge in [-0.15, -0.1) is 34.0 Å². The molecule has 5 rings (SSSR count). The second-order valence-electron chi connectivity index (χ2n) is 7.19. The topological polar surface area (TPSA) is 80.9 Å². The number of hydrogen-bond donors (Lipinski definition) is 2. The van der Waals surface area contributed by atoms with Gasteiger partial charge >= 0.3 is 0 Å². The number of thiazole rings is 1. The zero-order valence-corrected chi connectivity index (χ0v) is 20.5. The van der Waals surface area contributed by atoms with Gasteiger partial charge in [-0.3, -0.25) is 4.79 Å². The van der Waals surface area contributed by atoms with Crippen molar-refractivity contribution in [3.8, 4) is 10.6 Å². The number of hydrogen-bond acceptors (Lipinski definition) is 8. The molecule has 0 atom stereocenters. The van der Waals surface area contributed by atoms with Crippen molar-refractivity contribution < 1.29 is 4.79 Å². The summed E-state index contributed by atoms with van der Waals surface area (Å²) < 4.78 is 2.13. The number of thiophene rings is 2. The summed E-state index contributed by atoms with van der Waals surface area (Å²) in [6.45, 7) is 2.19. The van der Waals surface area contributed by atoms with Crippen molar-refractivity contribution in [3.05, 3.63) is 52.7 Å². The molecular weight excluding hydrogens is 477 g/mol. The molecule has 32 heavy (non-hydrogen) atoms. The first-order valence-corrected chi connectivity index (χ1v) is 13.7. The van der Waals surface area contributed by atoms with E-state index in [9.17, 15) is 4.79 Å². The summed E-state index contributed by atoms with van der Waals surface area (Å²) in [7, 11) is 0. The van der Waals surface area contributed by atoms with E-state index in [0.717, 1.165) is 46.8 Å². The number of carbonyl (C=O) groups excluding carboxylic acids is 1. The SMILES string of the molecule is CCCCSc1nc2ccc(NC(=O)c3sc4nc(-c5cccs5)ccc4c3N)cc2s1. The van der Waals surface area contributed by atoms with E-state index in [1.54, 1.807) is 34.4 Å². The Hall–Kier alpha value is -2.46. The number of unbranched alkanes of at least 4 members (excludes halogenated alkanes) is 1. The molecule has 0 saturated heterocycles. The minimum absolute atomic E-state index is 0.218. The number of anilines is 2. The van der Waals surface area contributed by atoms with Crippen LogP contribution in [0.2, 0.25) is 0 Å². The fourth-order valence-electron chi connectivity index (χ4n) is 3.26. The molecule has 1 aromatic carbocycles. The molecule has 0 aliphatic rings. The zero-order valence-electron chi connectivity index (χ0n) is 17.3.